The molecule has 2 aromatic heterocycles. The van der Waals surface area contributed by atoms with Crippen molar-refractivity contribution in [3.8, 4) is 0 Å². The second-order valence-electron chi connectivity index (χ2n) is 4.58. The largest absolute Gasteiger partial charge is 0.278 e. The summed E-state index contributed by atoms with van der Waals surface area (Å²) >= 11 is 3.42. The van der Waals surface area contributed by atoms with Crippen LogP contribution in [-0.4, -0.2) is 24.9 Å². The molecule has 106 valence electrons. The summed E-state index contributed by atoms with van der Waals surface area (Å²) in [4.78, 5) is 15.1. The molecule has 8 heteroatoms. The maximum Gasteiger partial charge on any atom is 0.278 e. The van der Waals surface area contributed by atoms with Gasteiger partial charge in [0.1, 0.15) is 0 Å². The molecule has 0 aromatic carbocycles. The minimum Gasteiger partial charge on any atom is -0.258 e. The molecular formula is C12H14BrN5O2. The second-order valence-corrected chi connectivity index (χ2v) is 5.95. The fourth-order valence-electron chi connectivity index (χ4n) is 1.93. The van der Waals surface area contributed by atoms with Gasteiger partial charge in [0, 0.05) is 11.8 Å². The Morgan fingerprint density at radius 1 is 1.50 bits per heavy atom. The number of nitro groups is 1. The van der Waals surface area contributed by atoms with Gasteiger partial charge in [-0.05, 0) is 20.8 Å². The number of alkyl halides is 1. The molecule has 1 unspecified atom stereocenters. The van der Waals surface area contributed by atoms with E-state index >= 15 is 0 Å². The summed E-state index contributed by atoms with van der Waals surface area (Å²) < 4.78 is 1.63. The number of pyridine rings is 1. The predicted octanol–water partition coefficient (Wildman–Crippen LogP) is 2.70. The first-order valence-corrected chi connectivity index (χ1v) is 6.95. The van der Waals surface area contributed by atoms with Gasteiger partial charge < -0.3 is 0 Å². The van der Waals surface area contributed by atoms with Gasteiger partial charge in [-0.15, -0.1) is 5.10 Å². The molecule has 0 saturated carbocycles. The van der Waals surface area contributed by atoms with Gasteiger partial charge in [0.15, 0.2) is 0 Å². The molecule has 0 N–H and O–H groups in total. The summed E-state index contributed by atoms with van der Waals surface area (Å²) in [6.45, 7) is 5.70. The molecule has 7 nitrogen and oxygen atoms in total. The molecule has 0 aliphatic carbocycles. The Kier molecular flexibility index (Phi) is 4.12. The number of rotatable bonds is 4. The van der Waals surface area contributed by atoms with Crippen molar-refractivity contribution in [2.75, 3.05) is 0 Å². The Labute approximate surface area is 124 Å². The van der Waals surface area contributed by atoms with Crippen molar-refractivity contribution < 1.29 is 4.92 Å². The highest BCUT2D eigenvalue weighted by atomic mass is 79.9. The Morgan fingerprint density at radius 2 is 2.20 bits per heavy atom. The van der Waals surface area contributed by atoms with E-state index < -0.39 is 0 Å². The summed E-state index contributed by atoms with van der Waals surface area (Å²) in [7, 11) is 0. The summed E-state index contributed by atoms with van der Waals surface area (Å²) in [5, 5.41) is 19.1. The third-order valence-corrected chi connectivity index (χ3v) is 3.50. The van der Waals surface area contributed by atoms with E-state index in [2.05, 4.69) is 31.2 Å². The van der Waals surface area contributed by atoms with Gasteiger partial charge in [0.05, 0.1) is 39.4 Å². The molecule has 0 spiro atoms. The zero-order chi connectivity index (χ0) is 14.9. The monoisotopic (exact) mass is 339 g/mol. The normalized spacial score (nSPS) is 12.4. The molecule has 0 bridgehead atoms. The highest BCUT2D eigenvalue weighted by Crippen LogP contribution is 2.24. The van der Waals surface area contributed by atoms with Crippen LogP contribution in [0.3, 0.4) is 0 Å². The average Bonchev–Trinajstić information content (AvgIpc) is 2.81. The lowest BCUT2D eigenvalue weighted by Gasteiger charge is -2.07. The summed E-state index contributed by atoms with van der Waals surface area (Å²) in [5.74, 6) is 0. The Bertz CT molecular complexity index is 653. The number of aryl methyl sites for hydroxylation is 1. The summed E-state index contributed by atoms with van der Waals surface area (Å²) in [6.07, 6.45) is 3.32. The Balaban J connectivity index is 2.34. The molecule has 2 heterocycles. The number of hydrogen-bond acceptors (Lipinski definition) is 5. The molecule has 2 rings (SSSR count). The minimum atomic E-state index is -0.372. The summed E-state index contributed by atoms with van der Waals surface area (Å²) in [6, 6.07) is 0. The van der Waals surface area contributed by atoms with Crippen LogP contribution < -0.4 is 0 Å². The minimum absolute atomic E-state index is 0.109. The van der Waals surface area contributed by atoms with E-state index in [-0.39, 0.29) is 15.4 Å². The van der Waals surface area contributed by atoms with Crippen molar-refractivity contribution in [1.82, 2.24) is 20.0 Å². The number of aromatic nitrogens is 4. The van der Waals surface area contributed by atoms with Crippen LogP contribution >= 0.6 is 15.9 Å². The first-order chi connectivity index (χ1) is 9.40. The quantitative estimate of drug-likeness (QED) is 0.485. The molecular weight excluding hydrogens is 326 g/mol. The standard InChI is InChI=1S/C12H14BrN5O2/c1-7-4-14-10(8(2)12(7)18(19)20)5-17-6-11(9(3)13)15-16-17/h4,6,9H,5H2,1-3H3. The van der Waals surface area contributed by atoms with Crippen molar-refractivity contribution in [3.63, 3.8) is 0 Å². The molecule has 0 amide bonds. The van der Waals surface area contributed by atoms with Crippen LogP contribution in [0, 0.1) is 24.0 Å². The van der Waals surface area contributed by atoms with Gasteiger partial charge in [-0.25, -0.2) is 4.68 Å². The Morgan fingerprint density at radius 3 is 2.75 bits per heavy atom. The number of nitrogens with zero attached hydrogens (tertiary/aromatic N) is 5. The van der Waals surface area contributed by atoms with Crippen LogP contribution in [0.2, 0.25) is 0 Å². The number of halogens is 1. The van der Waals surface area contributed by atoms with Gasteiger partial charge in [-0.2, -0.15) is 0 Å². The lowest BCUT2D eigenvalue weighted by Crippen LogP contribution is -2.07. The molecule has 0 radical (unpaired) electrons. The lowest BCUT2D eigenvalue weighted by molar-refractivity contribution is -0.386. The van der Waals surface area contributed by atoms with Crippen molar-refractivity contribution >= 4 is 21.6 Å². The van der Waals surface area contributed by atoms with E-state index in [1.54, 1.807) is 24.7 Å². The fourth-order valence-corrected chi connectivity index (χ4v) is 2.14. The smallest absolute Gasteiger partial charge is 0.258 e. The van der Waals surface area contributed by atoms with Gasteiger partial charge in [0.25, 0.3) is 5.69 Å². The summed E-state index contributed by atoms with van der Waals surface area (Å²) in [5.41, 5.74) is 2.68. The molecule has 0 aliphatic heterocycles. The highest BCUT2D eigenvalue weighted by molar-refractivity contribution is 9.09. The van der Waals surface area contributed by atoms with E-state index in [4.69, 9.17) is 0 Å². The molecule has 2 aromatic rings. The molecule has 1 atom stereocenters. The van der Waals surface area contributed by atoms with Crippen LogP contribution in [0.15, 0.2) is 12.4 Å². The SMILES string of the molecule is Cc1cnc(Cn2cc(C(C)Br)nn2)c(C)c1[N+](=O)[O-]. The predicted molar refractivity (Wildman–Crippen MR) is 76.8 cm³/mol. The van der Waals surface area contributed by atoms with Crippen molar-refractivity contribution in [2.45, 2.75) is 32.1 Å². The first kappa shape index (κ1) is 14.6. The lowest BCUT2D eigenvalue weighted by atomic mass is 10.1. The maximum atomic E-state index is 11.1. The third kappa shape index (κ3) is 2.84. The van der Waals surface area contributed by atoms with E-state index in [1.165, 1.54) is 6.20 Å². The van der Waals surface area contributed by atoms with Gasteiger partial charge in [-0.3, -0.25) is 15.1 Å². The van der Waals surface area contributed by atoms with Crippen molar-refractivity contribution in [2.24, 2.45) is 0 Å². The Hall–Kier alpha value is -1.83. The van der Waals surface area contributed by atoms with Gasteiger partial charge in [-0.1, -0.05) is 21.1 Å². The molecule has 0 aliphatic rings. The maximum absolute atomic E-state index is 11.1. The molecule has 20 heavy (non-hydrogen) atoms. The van der Waals surface area contributed by atoms with Crippen molar-refractivity contribution in [1.29, 1.82) is 0 Å². The van der Waals surface area contributed by atoms with Crippen LogP contribution in [0.5, 0.6) is 0 Å². The topological polar surface area (TPSA) is 86.7 Å². The first-order valence-electron chi connectivity index (χ1n) is 6.03. The van der Waals surface area contributed by atoms with E-state index in [9.17, 15) is 10.1 Å². The van der Waals surface area contributed by atoms with Crippen LogP contribution in [0.1, 0.15) is 34.3 Å². The van der Waals surface area contributed by atoms with E-state index in [0.29, 0.717) is 23.4 Å². The second kappa shape index (κ2) is 5.66. The highest BCUT2D eigenvalue weighted by Gasteiger charge is 2.19. The van der Waals surface area contributed by atoms with Crippen molar-refractivity contribution in [3.05, 3.63) is 45.0 Å². The average molecular weight is 340 g/mol. The molecule has 0 saturated heterocycles. The van der Waals surface area contributed by atoms with E-state index in [0.717, 1.165) is 5.69 Å². The van der Waals surface area contributed by atoms with Gasteiger partial charge >= 0.3 is 0 Å². The van der Waals surface area contributed by atoms with E-state index in [1.807, 2.05) is 6.92 Å². The van der Waals surface area contributed by atoms with Crippen LogP contribution in [-0.2, 0) is 6.54 Å². The third-order valence-electron chi connectivity index (χ3n) is 3.03. The van der Waals surface area contributed by atoms with Crippen LogP contribution in [0.25, 0.3) is 0 Å². The zero-order valence-corrected chi connectivity index (χ0v) is 13.0. The van der Waals surface area contributed by atoms with Crippen LogP contribution in [0.4, 0.5) is 5.69 Å². The molecule has 0 fully saturated rings. The number of hydrogen-bond donors (Lipinski definition) is 0. The fraction of sp³-hybridized carbons (Fsp3) is 0.417. The zero-order valence-electron chi connectivity index (χ0n) is 11.4. The van der Waals surface area contributed by atoms with Gasteiger partial charge in [0.2, 0.25) is 0 Å².